The first-order valence-electron chi connectivity index (χ1n) is 10.3. The fraction of sp³-hybridized carbons (Fsp3) is 0.524. The van der Waals surface area contributed by atoms with Crippen LogP contribution in [0.25, 0.3) is 0 Å². The summed E-state index contributed by atoms with van der Waals surface area (Å²) in [5.41, 5.74) is 4.06. The Labute approximate surface area is 178 Å². The smallest absolute Gasteiger partial charge is 0.272 e. The number of H-pyrrole nitrogens is 1. The summed E-state index contributed by atoms with van der Waals surface area (Å²) >= 11 is 0. The molecule has 3 N–H and O–H groups in total. The van der Waals surface area contributed by atoms with Gasteiger partial charge < -0.3 is 15.5 Å². The third kappa shape index (κ3) is 5.79. The van der Waals surface area contributed by atoms with Gasteiger partial charge in [-0.15, -0.1) is 12.4 Å². The summed E-state index contributed by atoms with van der Waals surface area (Å²) in [6, 6.07) is 10.7. The van der Waals surface area contributed by atoms with E-state index in [0.717, 1.165) is 76.5 Å². The minimum atomic E-state index is -0.0612. The normalized spacial score (nSPS) is 17.4. The molecular weight excluding hydrogens is 388 g/mol. The highest BCUT2D eigenvalue weighted by atomic mass is 35.5. The standard InChI is InChI=1S/C21H30N6O.ClH/c28-21(20-18-15-22-9-7-19(18)24-25-20)23-8-4-10-26-11-13-27(14-12-26)16-17-5-2-1-3-6-17;/h1-3,5-6,22H,4,7-16H2,(H,23,28)(H,24,25);1H. The van der Waals surface area contributed by atoms with Crippen molar-refractivity contribution in [2.45, 2.75) is 25.9 Å². The van der Waals surface area contributed by atoms with Crippen LogP contribution in [0.2, 0.25) is 0 Å². The average Bonchev–Trinajstić information content (AvgIpc) is 3.17. The van der Waals surface area contributed by atoms with Crippen LogP contribution >= 0.6 is 12.4 Å². The van der Waals surface area contributed by atoms with E-state index in [9.17, 15) is 4.79 Å². The van der Waals surface area contributed by atoms with Crippen LogP contribution in [0.5, 0.6) is 0 Å². The summed E-state index contributed by atoms with van der Waals surface area (Å²) in [7, 11) is 0. The van der Waals surface area contributed by atoms with Crippen LogP contribution in [0.4, 0.5) is 0 Å². The van der Waals surface area contributed by atoms with Gasteiger partial charge in [-0.2, -0.15) is 5.10 Å². The zero-order chi connectivity index (χ0) is 19.2. The molecule has 29 heavy (non-hydrogen) atoms. The zero-order valence-electron chi connectivity index (χ0n) is 16.8. The number of nitrogens with one attached hydrogen (secondary N) is 3. The number of aromatic nitrogens is 2. The molecule has 1 aromatic heterocycles. The van der Waals surface area contributed by atoms with Gasteiger partial charge in [-0.3, -0.25) is 14.8 Å². The van der Waals surface area contributed by atoms with Crippen molar-refractivity contribution in [2.75, 3.05) is 45.8 Å². The van der Waals surface area contributed by atoms with Gasteiger partial charge in [-0.05, 0) is 18.5 Å². The Kier molecular flexibility index (Phi) is 8.06. The number of rotatable bonds is 7. The number of fused-ring (bicyclic) bond motifs is 1. The Morgan fingerprint density at radius 2 is 1.86 bits per heavy atom. The topological polar surface area (TPSA) is 76.3 Å². The van der Waals surface area contributed by atoms with Crippen LogP contribution in [0.1, 0.15) is 33.7 Å². The molecule has 1 fully saturated rings. The van der Waals surface area contributed by atoms with Gasteiger partial charge in [0.1, 0.15) is 0 Å². The molecule has 1 aromatic carbocycles. The minimum Gasteiger partial charge on any atom is -0.351 e. The molecule has 0 aliphatic carbocycles. The van der Waals surface area contributed by atoms with Gasteiger partial charge in [0.15, 0.2) is 5.69 Å². The summed E-state index contributed by atoms with van der Waals surface area (Å²) < 4.78 is 0. The highest BCUT2D eigenvalue weighted by Gasteiger charge is 2.21. The van der Waals surface area contributed by atoms with E-state index in [1.165, 1.54) is 5.56 Å². The Morgan fingerprint density at radius 3 is 2.66 bits per heavy atom. The molecule has 1 amide bonds. The number of aromatic amines is 1. The van der Waals surface area contributed by atoms with Crippen molar-refractivity contribution in [1.29, 1.82) is 0 Å². The van der Waals surface area contributed by atoms with Gasteiger partial charge in [0.05, 0.1) is 0 Å². The van der Waals surface area contributed by atoms with Crippen molar-refractivity contribution in [1.82, 2.24) is 30.6 Å². The van der Waals surface area contributed by atoms with Gasteiger partial charge in [0, 0.05) is 70.0 Å². The van der Waals surface area contributed by atoms with Gasteiger partial charge >= 0.3 is 0 Å². The number of carbonyl (C=O) groups is 1. The SMILES string of the molecule is Cl.O=C(NCCCN1CCN(Cc2ccccc2)CC1)c1n[nH]c2c1CNCC2. The summed E-state index contributed by atoms with van der Waals surface area (Å²) in [6.07, 6.45) is 1.88. The monoisotopic (exact) mass is 418 g/mol. The first kappa shape index (κ1) is 21.8. The number of benzene rings is 1. The Hall–Kier alpha value is -1.93. The van der Waals surface area contributed by atoms with E-state index in [4.69, 9.17) is 0 Å². The van der Waals surface area contributed by atoms with Crippen LogP contribution in [-0.2, 0) is 19.5 Å². The lowest BCUT2D eigenvalue weighted by Gasteiger charge is -2.34. The first-order valence-corrected chi connectivity index (χ1v) is 10.3. The van der Waals surface area contributed by atoms with E-state index < -0.39 is 0 Å². The van der Waals surface area contributed by atoms with Gasteiger partial charge in [-0.25, -0.2) is 0 Å². The zero-order valence-corrected chi connectivity index (χ0v) is 17.6. The highest BCUT2D eigenvalue weighted by molar-refractivity contribution is 5.94. The molecule has 2 aliphatic rings. The number of nitrogens with zero attached hydrogens (tertiary/aromatic N) is 3. The summed E-state index contributed by atoms with van der Waals surface area (Å²) in [6.45, 7) is 8.82. The predicted molar refractivity (Wildman–Crippen MR) is 116 cm³/mol. The third-order valence-electron chi connectivity index (χ3n) is 5.67. The lowest BCUT2D eigenvalue weighted by molar-refractivity contribution is 0.0941. The maximum atomic E-state index is 12.4. The number of halogens is 1. The molecule has 158 valence electrons. The molecular formula is C21H31ClN6O. The number of hydrogen-bond donors (Lipinski definition) is 3. The number of hydrogen-bond acceptors (Lipinski definition) is 5. The predicted octanol–water partition coefficient (Wildman–Crippen LogP) is 1.41. The Morgan fingerprint density at radius 1 is 1.10 bits per heavy atom. The lowest BCUT2D eigenvalue weighted by atomic mass is 10.1. The number of amides is 1. The molecule has 4 rings (SSSR count). The quantitative estimate of drug-likeness (QED) is 0.593. The number of carbonyl (C=O) groups excluding carboxylic acids is 1. The summed E-state index contributed by atoms with van der Waals surface area (Å²) in [4.78, 5) is 17.4. The van der Waals surface area contributed by atoms with E-state index in [1.807, 2.05) is 0 Å². The molecule has 0 spiro atoms. The third-order valence-corrected chi connectivity index (χ3v) is 5.67. The summed E-state index contributed by atoms with van der Waals surface area (Å²) in [5, 5.41) is 13.6. The number of piperazine rings is 1. The lowest BCUT2D eigenvalue weighted by Crippen LogP contribution is -2.46. The van der Waals surface area contributed by atoms with E-state index in [0.29, 0.717) is 12.2 Å². The van der Waals surface area contributed by atoms with Gasteiger partial charge in [-0.1, -0.05) is 30.3 Å². The maximum absolute atomic E-state index is 12.4. The van der Waals surface area contributed by atoms with Crippen LogP contribution in [0, 0.1) is 0 Å². The molecule has 0 saturated carbocycles. The van der Waals surface area contributed by atoms with Crippen molar-refractivity contribution < 1.29 is 4.79 Å². The molecule has 2 aliphatic heterocycles. The molecule has 8 heteroatoms. The van der Waals surface area contributed by atoms with E-state index in [2.05, 4.69) is 61.0 Å². The highest BCUT2D eigenvalue weighted by Crippen LogP contribution is 2.15. The second-order valence-electron chi connectivity index (χ2n) is 7.67. The second-order valence-corrected chi connectivity index (χ2v) is 7.67. The minimum absolute atomic E-state index is 0. The van der Waals surface area contributed by atoms with Gasteiger partial charge in [0.25, 0.3) is 5.91 Å². The largest absolute Gasteiger partial charge is 0.351 e. The van der Waals surface area contributed by atoms with Crippen molar-refractivity contribution in [3.05, 3.63) is 52.8 Å². The molecule has 1 saturated heterocycles. The van der Waals surface area contributed by atoms with Crippen LogP contribution in [0.3, 0.4) is 0 Å². The van der Waals surface area contributed by atoms with E-state index >= 15 is 0 Å². The fourth-order valence-corrected chi connectivity index (χ4v) is 4.01. The first-order chi connectivity index (χ1) is 13.8. The van der Waals surface area contributed by atoms with Gasteiger partial charge in [0.2, 0.25) is 0 Å². The van der Waals surface area contributed by atoms with Crippen molar-refractivity contribution >= 4 is 18.3 Å². The molecule has 7 nitrogen and oxygen atoms in total. The molecule has 3 heterocycles. The maximum Gasteiger partial charge on any atom is 0.272 e. The van der Waals surface area contributed by atoms with Crippen LogP contribution in [0.15, 0.2) is 30.3 Å². The van der Waals surface area contributed by atoms with E-state index in [1.54, 1.807) is 0 Å². The molecule has 2 aromatic rings. The molecule has 0 bridgehead atoms. The molecule has 0 atom stereocenters. The Balaban J connectivity index is 0.00000240. The average molecular weight is 419 g/mol. The van der Waals surface area contributed by atoms with Crippen LogP contribution in [-0.4, -0.2) is 71.7 Å². The van der Waals surface area contributed by atoms with Crippen LogP contribution < -0.4 is 10.6 Å². The fourth-order valence-electron chi connectivity index (χ4n) is 4.01. The molecule has 0 radical (unpaired) electrons. The second kappa shape index (κ2) is 10.7. The van der Waals surface area contributed by atoms with Crippen molar-refractivity contribution in [2.24, 2.45) is 0 Å². The van der Waals surface area contributed by atoms with Crippen molar-refractivity contribution in [3.8, 4) is 0 Å². The molecule has 0 unspecified atom stereocenters. The summed E-state index contributed by atoms with van der Waals surface area (Å²) in [5.74, 6) is -0.0612. The van der Waals surface area contributed by atoms with E-state index in [-0.39, 0.29) is 18.3 Å². The Bertz CT molecular complexity index is 773. The van der Waals surface area contributed by atoms with Crippen molar-refractivity contribution in [3.63, 3.8) is 0 Å².